The van der Waals surface area contributed by atoms with Gasteiger partial charge in [-0.25, -0.2) is 4.79 Å². The Balaban J connectivity index is 2.11. The molecule has 0 bridgehead atoms. The van der Waals surface area contributed by atoms with Gasteiger partial charge in [-0.1, -0.05) is 54.6 Å². The summed E-state index contributed by atoms with van der Waals surface area (Å²) in [6.07, 6.45) is 0.161. The van der Waals surface area contributed by atoms with E-state index in [9.17, 15) is 14.4 Å². The standard InChI is InChI=1S/C18H17NO4/c1-12(20)19-16(18(22)23)11-13-7-9-15(10-8-13)17(21)14-5-3-2-4-6-14/h2-10,16H,11H2,1H3,(H,19,20)(H,22,23). The molecule has 0 heterocycles. The van der Waals surface area contributed by atoms with Crippen LogP contribution in [0.5, 0.6) is 0 Å². The number of benzene rings is 2. The summed E-state index contributed by atoms with van der Waals surface area (Å²) in [4.78, 5) is 34.4. The third-order valence-corrected chi connectivity index (χ3v) is 3.37. The third-order valence-electron chi connectivity index (χ3n) is 3.37. The van der Waals surface area contributed by atoms with E-state index >= 15 is 0 Å². The number of carbonyl (C=O) groups is 3. The van der Waals surface area contributed by atoms with Crippen molar-refractivity contribution in [1.29, 1.82) is 0 Å². The highest BCUT2D eigenvalue weighted by atomic mass is 16.4. The summed E-state index contributed by atoms with van der Waals surface area (Å²) >= 11 is 0. The highest BCUT2D eigenvalue weighted by molar-refractivity contribution is 6.08. The zero-order valence-electron chi connectivity index (χ0n) is 12.7. The molecule has 118 valence electrons. The van der Waals surface area contributed by atoms with Crippen LogP contribution in [0.25, 0.3) is 0 Å². The van der Waals surface area contributed by atoms with Gasteiger partial charge in [-0.15, -0.1) is 0 Å². The van der Waals surface area contributed by atoms with Gasteiger partial charge >= 0.3 is 5.97 Å². The summed E-state index contributed by atoms with van der Waals surface area (Å²) in [6.45, 7) is 1.28. The molecule has 2 aromatic rings. The van der Waals surface area contributed by atoms with Gasteiger partial charge in [0.2, 0.25) is 5.91 Å². The average molecular weight is 311 g/mol. The summed E-state index contributed by atoms with van der Waals surface area (Å²) in [5.41, 5.74) is 1.86. The van der Waals surface area contributed by atoms with Crippen LogP contribution in [-0.4, -0.2) is 28.8 Å². The molecule has 2 aromatic carbocycles. The van der Waals surface area contributed by atoms with Crippen molar-refractivity contribution in [2.24, 2.45) is 0 Å². The first-order valence-electron chi connectivity index (χ1n) is 7.16. The Kier molecular flexibility index (Phi) is 5.25. The van der Waals surface area contributed by atoms with Crippen LogP contribution in [0.3, 0.4) is 0 Å². The summed E-state index contributed by atoms with van der Waals surface area (Å²) < 4.78 is 0. The maximum absolute atomic E-state index is 12.3. The van der Waals surface area contributed by atoms with Crippen LogP contribution >= 0.6 is 0 Å². The molecule has 0 spiro atoms. The zero-order chi connectivity index (χ0) is 16.8. The molecule has 2 N–H and O–H groups in total. The van der Waals surface area contributed by atoms with Crippen LogP contribution in [0.2, 0.25) is 0 Å². The number of amides is 1. The lowest BCUT2D eigenvalue weighted by Gasteiger charge is -2.13. The minimum absolute atomic E-state index is 0.0891. The highest BCUT2D eigenvalue weighted by Gasteiger charge is 2.19. The molecule has 5 nitrogen and oxygen atoms in total. The molecule has 1 amide bonds. The van der Waals surface area contributed by atoms with Gasteiger partial charge in [-0.3, -0.25) is 9.59 Å². The molecule has 0 aliphatic rings. The fourth-order valence-electron chi connectivity index (χ4n) is 2.23. The lowest BCUT2D eigenvalue weighted by Crippen LogP contribution is -2.41. The van der Waals surface area contributed by atoms with E-state index in [1.54, 1.807) is 48.5 Å². The summed E-state index contributed by atoms with van der Waals surface area (Å²) in [6, 6.07) is 14.7. The minimum atomic E-state index is -1.09. The van der Waals surface area contributed by atoms with E-state index in [4.69, 9.17) is 5.11 Å². The first-order chi connectivity index (χ1) is 11.0. The molecule has 0 fully saturated rings. The number of nitrogens with one attached hydrogen (secondary N) is 1. The van der Waals surface area contributed by atoms with Crippen molar-refractivity contribution in [3.05, 3.63) is 71.3 Å². The van der Waals surface area contributed by atoms with Gasteiger partial charge in [0.25, 0.3) is 0 Å². The van der Waals surface area contributed by atoms with Crippen molar-refractivity contribution in [1.82, 2.24) is 5.32 Å². The van der Waals surface area contributed by atoms with Gasteiger partial charge in [0.15, 0.2) is 5.78 Å². The molecule has 23 heavy (non-hydrogen) atoms. The van der Waals surface area contributed by atoms with Gasteiger partial charge in [-0.05, 0) is 5.56 Å². The van der Waals surface area contributed by atoms with Crippen molar-refractivity contribution in [3.63, 3.8) is 0 Å². The number of carboxylic acids is 1. The zero-order valence-corrected chi connectivity index (χ0v) is 12.7. The van der Waals surface area contributed by atoms with Crippen LogP contribution in [0.15, 0.2) is 54.6 Å². The second kappa shape index (κ2) is 7.35. The van der Waals surface area contributed by atoms with E-state index in [1.165, 1.54) is 6.92 Å². The Morgan fingerprint density at radius 3 is 2.04 bits per heavy atom. The monoisotopic (exact) mass is 311 g/mol. The number of carboxylic acid groups (broad SMARTS) is 1. The van der Waals surface area contributed by atoms with E-state index in [0.29, 0.717) is 11.1 Å². The van der Waals surface area contributed by atoms with E-state index in [0.717, 1.165) is 5.56 Å². The van der Waals surface area contributed by atoms with Crippen molar-refractivity contribution in [3.8, 4) is 0 Å². The van der Waals surface area contributed by atoms with Crippen molar-refractivity contribution < 1.29 is 19.5 Å². The number of ketones is 1. The van der Waals surface area contributed by atoms with E-state index in [2.05, 4.69) is 5.32 Å². The normalized spacial score (nSPS) is 11.5. The van der Waals surface area contributed by atoms with Crippen LogP contribution in [0.1, 0.15) is 28.4 Å². The molecule has 0 aliphatic carbocycles. The van der Waals surface area contributed by atoms with Crippen LogP contribution in [0, 0.1) is 0 Å². The Morgan fingerprint density at radius 1 is 0.957 bits per heavy atom. The quantitative estimate of drug-likeness (QED) is 0.800. The third kappa shape index (κ3) is 4.51. The van der Waals surface area contributed by atoms with Crippen LogP contribution in [0.4, 0.5) is 0 Å². The number of hydrogen-bond acceptors (Lipinski definition) is 3. The summed E-state index contributed by atoms with van der Waals surface area (Å²) in [5, 5.41) is 11.5. The molecule has 0 saturated carbocycles. The lowest BCUT2D eigenvalue weighted by molar-refractivity contribution is -0.141. The average Bonchev–Trinajstić information content (AvgIpc) is 2.54. The Hall–Kier alpha value is -2.95. The summed E-state index contributed by atoms with van der Waals surface area (Å²) in [5.74, 6) is -1.58. The van der Waals surface area contributed by atoms with E-state index in [-0.39, 0.29) is 12.2 Å². The van der Waals surface area contributed by atoms with Crippen molar-refractivity contribution >= 4 is 17.7 Å². The molecule has 1 atom stereocenters. The first kappa shape index (κ1) is 16.4. The SMILES string of the molecule is CC(=O)NC(Cc1ccc(C(=O)c2ccccc2)cc1)C(=O)O. The molecule has 5 heteroatoms. The molecule has 0 aliphatic heterocycles. The minimum Gasteiger partial charge on any atom is -0.480 e. The van der Waals surface area contributed by atoms with E-state index in [1.807, 2.05) is 6.07 Å². The smallest absolute Gasteiger partial charge is 0.326 e. The second-order valence-corrected chi connectivity index (χ2v) is 5.19. The van der Waals surface area contributed by atoms with Gasteiger partial charge in [0.1, 0.15) is 6.04 Å². The fraction of sp³-hybridized carbons (Fsp3) is 0.167. The number of aliphatic carboxylic acids is 1. The fourth-order valence-corrected chi connectivity index (χ4v) is 2.23. The Morgan fingerprint density at radius 2 is 1.52 bits per heavy atom. The number of carbonyl (C=O) groups excluding carboxylic acids is 2. The largest absolute Gasteiger partial charge is 0.480 e. The number of rotatable bonds is 6. The second-order valence-electron chi connectivity index (χ2n) is 5.19. The van der Waals surface area contributed by atoms with Crippen molar-refractivity contribution in [2.75, 3.05) is 0 Å². The first-order valence-corrected chi connectivity index (χ1v) is 7.16. The molecule has 0 radical (unpaired) electrons. The Bertz CT molecular complexity index is 708. The molecular weight excluding hydrogens is 294 g/mol. The molecule has 1 unspecified atom stereocenters. The predicted molar refractivity (Wildman–Crippen MR) is 85.3 cm³/mol. The number of hydrogen-bond donors (Lipinski definition) is 2. The molecule has 0 aromatic heterocycles. The van der Waals surface area contributed by atoms with Gasteiger partial charge in [0, 0.05) is 24.5 Å². The Labute approximate surface area is 134 Å². The van der Waals surface area contributed by atoms with Crippen LogP contribution < -0.4 is 5.32 Å². The highest BCUT2D eigenvalue weighted by Crippen LogP contribution is 2.12. The van der Waals surface area contributed by atoms with Crippen molar-refractivity contribution in [2.45, 2.75) is 19.4 Å². The molecule has 2 rings (SSSR count). The maximum Gasteiger partial charge on any atom is 0.326 e. The van der Waals surface area contributed by atoms with Gasteiger partial charge in [0.05, 0.1) is 0 Å². The van der Waals surface area contributed by atoms with E-state index < -0.39 is 17.9 Å². The lowest BCUT2D eigenvalue weighted by atomic mass is 9.99. The summed E-state index contributed by atoms with van der Waals surface area (Å²) in [7, 11) is 0. The topological polar surface area (TPSA) is 83.5 Å². The maximum atomic E-state index is 12.3. The molecular formula is C18H17NO4. The predicted octanol–water partition coefficient (Wildman–Crippen LogP) is 2.05. The van der Waals surface area contributed by atoms with Crippen LogP contribution in [-0.2, 0) is 16.0 Å². The van der Waals surface area contributed by atoms with Gasteiger partial charge < -0.3 is 10.4 Å². The molecule has 0 saturated heterocycles. The van der Waals surface area contributed by atoms with Gasteiger partial charge in [-0.2, -0.15) is 0 Å².